The van der Waals surface area contributed by atoms with Gasteiger partial charge in [0.25, 0.3) is 0 Å². The highest BCUT2D eigenvalue weighted by Gasteiger charge is 2.32. The molecule has 0 spiro atoms. The van der Waals surface area contributed by atoms with Crippen molar-refractivity contribution in [3.8, 4) is 5.75 Å². The topological polar surface area (TPSA) is 21.3 Å². The van der Waals surface area contributed by atoms with Crippen molar-refractivity contribution in [3.05, 3.63) is 29.8 Å². The van der Waals surface area contributed by atoms with Crippen molar-refractivity contribution in [2.75, 3.05) is 13.7 Å². The molecule has 2 nitrogen and oxygen atoms in total. The molecule has 0 saturated heterocycles. The highest BCUT2D eigenvalue weighted by molar-refractivity contribution is 5.36. The number of hydrogen-bond acceptors (Lipinski definition) is 2. The molecule has 0 radical (unpaired) electrons. The summed E-state index contributed by atoms with van der Waals surface area (Å²) in [5, 5.41) is 3.53. The summed E-state index contributed by atoms with van der Waals surface area (Å²) >= 11 is 0. The van der Waals surface area contributed by atoms with Crippen molar-refractivity contribution in [1.29, 1.82) is 0 Å². The predicted octanol–water partition coefficient (Wildman–Crippen LogP) is 4.56. The van der Waals surface area contributed by atoms with Gasteiger partial charge in [-0.25, -0.2) is 0 Å². The van der Waals surface area contributed by atoms with Crippen LogP contribution in [0.2, 0.25) is 0 Å². The van der Waals surface area contributed by atoms with Gasteiger partial charge in [-0.15, -0.1) is 0 Å². The molecule has 1 aliphatic rings. The molecule has 1 aromatic carbocycles. The summed E-state index contributed by atoms with van der Waals surface area (Å²) in [7, 11) is 2.08. The van der Waals surface area contributed by atoms with E-state index in [0.29, 0.717) is 11.5 Å². The fourth-order valence-electron chi connectivity index (χ4n) is 3.42. The zero-order valence-corrected chi connectivity index (χ0v) is 13.4. The van der Waals surface area contributed by atoms with E-state index in [1.54, 1.807) is 0 Å². The Balaban J connectivity index is 2.16. The summed E-state index contributed by atoms with van der Waals surface area (Å²) in [5.74, 6) is 1.76. The van der Waals surface area contributed by atoms with Crippen LogP contribution in [0.4, 0.5) is 0 Å². The van der Waals surface area contributed by atoms with Crippen LogP contribution in [0.1, 0.15) is 58.1 Å². The quantitative estimate of drug-likeness (QED) is 0.850. The van der Waals surface area contributed by atoms with Crippen LogP contribution in [0.25, 0.3) is 0 Å². The summed E-state index contributed by atoms with van der Waals surface area (Å²) in [6.45, 7) is 7.57. The van der Waals surface area contributed by atoms with E-state index in [0.717, 1.165) is 18.3 Å². The third-order valence-electron chi connectivity index (χ3n) is 4.72. The van der Waals surface area contributed by atoms with Crippen molar-refractivity contribution >= 4 is 0 Å². The standard InChI is InChI=1S/C18H29NO/c1-5-20-16-9-7-6-8-15(16)17(19-4)14-10-12-18(2,3)13-11-14/h6-9,14,17,19H,5,10-13H2,1-4H3. The van der Waals surface area contributed by atoms with Crippen molar-refractivity contribution in [2.24, 2.45) is 11.3 Å². The van der Waals surface area contributed by atoms with E-state index in [4.69, 9.17) is 4.74 Å². The number of rotatable bonds is 5. The summed E-state index contributed by atoms with van der Waals surface area (Å²) in [5.41, 5.74) is 1.84. The molecule has 0 bridgehead atoms. The second-order valence-electron chi connectivity index (χ2n) is 6.74. The van der Waals surface area contributed by atoms with Crippen LogP contribution >= 0.6 is 0 Å². The third kappa shape index (κ3) is 3.54. The molecule has 112 valence electrons. The fourth-order valence-corrected chi connectivity index (χ4v) is 3.42. The summed E-state index contributed by atoms with van der Waals surface area (Å²) in [6.07, 6.45) is 5.26. The molecule has 1 unspecified atom stereocenters. The van der Waals surface area contributed by atoms with Crippen LogP contribution in [0.15, 0.2) is 24.3 Å². The molecule has 0 aromatic heterocycles. The van der Waals surface area contributed by atoms with Crippen molar-refractivity contribution in [1.82, 2.24) is 5.32 Å². The number of nitrogens with one attached hydrogen (secondary N) is 1. The number of hydrogen-bond donors (Lipinski definition) is 1. The van der Waals surface area contributed by atoms with Crippen LogP contribution in [0, 0.1) is 11.3 Å². The Morgan fingerprint density at radius 1 is 1.25 bits per heavy atom. The van der Waals surface area contributed by atoms with Crippen LogP contribution < -0.4 is 10.1 Å². The lowest BCUT2D eigenvalue weighted by Crippen LogP contribution is -2.31. The van der Waals surface area contributed by atoms with Crippen LogP contribution in [0.3, 0.4) is 0 Å². The molecular weight excluding hydrogens is 246 g/mol. The molecule has 0 aliphatic heterocycles. The summed E-state index contributed by atoms with van der Waals surface area (Å²) in [6, 6.07) is 8.90. The van der Waals surface area contributed by atoms with E-state index in [-0.39, 0.29) is 0 Å². The van der Waals surface area contributed by atoms with Crippen molar-refractivity contribution in [2.45, 2.75) is 52.5 Å². The minimum atomic E-state index is 0.411. The largest absolute Gasteiger partial charge is 0.494 e. The Morgan fingerprint density at radius 3 is 2.50 bits per heavy atom. The zero-order chi connectivity index (χ0) is 14.6. The first-order valence-electron chi connectivity index (χ1n) is 7.96. The molecule has 2 rings (SSSR count). The van der Waals surface area contributed by atoms with Crippen LogP contribution in [0.5, 0.6) is 5.75 Å². The lowest BCUT2D eigenvalue weighted by Gasteiger charge is -2.38. The van der Waals surface area contributed by atoms with Gasteiger partial charge in [0.15, 0.2) is 0 Å². The van der Waals surface area contributed by atoms with Gasteiger partial charge >= 0.3 is 0 Å². The van der Waals surface area contributed by atoms with Gasteiger partial charge in [-0.2, -0.15) is 0 Å². The maximum Gasteiger partial charge on any atom is 0.124 e. The molecule has 1 aliphatic carbocycles. The maximum atomic E-state index is 5.81. The first-order valence-corrected chi connectivity index (χ1v) is 7.96. The lowest BCUT2D eigenvalue weighted by atomic mass is 9.70. The normalized spacial score (nSPS) is 20.6. The Labute approximate surface area is 123 Å². The molecular formula is C18H29NO. The van der Waals surface area contributed by atoms with Gasteiger partial charge < -0.3 is 10.1 Å². The zero-order valence-electron chi connectivity index (χ0n) is 13.4. The molecule has 2 heteroatoms. The van der Waals surface area contributed by atoms with E-state index < -0.39 is 0 Å². The lowest BCUT2D eigenvalue weighted by molar-refractivity contribution is 0.162. The van der Waals surface area contributed by atoms with Crippen LogP contribution in [-0.4, -0.2) is 13.7 Å². The van der Waals surface area contributed by atoms with E-state index in [2.05, 4.69) is 50.5 Å². The molecule has 1 aromatic rings. The highest BCUT2D eigenvalue weighted by Crippen LogP contribution is 2.44. The Hall–Kier alpha value is -1.02. The van der Waals surface area contributed by atoms with Gasteiger partial charge in [-0.1, -0.05) is 32.0 Å². The molecule has 1 atom stereocenters. The van der Waals surface area contributed by atoms with Crippen LogP contribution in [-0.2, 0) is 0 Å². The van der Waals surface area contributed by atoms with E-state index in [1.807, 2.05) is 6.92 Å². The fraction of sp³-hybridized carbons (Fsp3) is 0.667. The monoisotopic (exact) mass is 275 g/mol. The molecule has 0 heterocycles. The minimum absolute atomic E-state index is 0.411. The SMILES string of the molecule is CCOc1ccccc1C(NC)C1CCC(C)(C)CC1. The molecule has 0 amide bonds. The van der Waals surface area contributed by atoms with E-state index in [1.165, 1.54) is 31.2 Å². The second-order valence-corrected chi connectivity index (χ2v) is 6.74. The van der Waals surface area contributed by atoms with Crippen molar-refractivity contribution in [3.63, 3.8) is 0 Å². The van der Waals surface area contributed by atoms with E-state index >= 15 is 0 Å². The van der Waals surface area contributed by atoms with Gasteiger partial charge in [-0.05, 0) is 57.1 Å². The highest BCUT2D eigenvalue weighted by atomic mass is 16.5. The maximum absolute atomic E-state index is 5.81. The minimum Gasteiger partial charge on any atom is -0.494 e. The first-order chi connectivity index (χ1) is 9.57. The average Bonchev–Trinajstić information content (AvgIpc) is 2.43. The third-order valence-corrected chi connectivity index (χ3v) is 4.72. The predicted molar refractivity (Wildman–Crippen MR) is 85.2 cm³/mol. The van der Waals surface area contributed by atoms with Gasteiger partial charge in [0, 0.05) is 11.6 Å². The number of para-hydroxylation sites is 1. The Morgan fingerprint density at radius 2 is 1.90 bits per heavy atom. The molecule has 1 N–H and O–H groups in total. The number of ether oxygens (including phenoxy) is 1. The Kier molecular flexibility index (Phi) is 5.09. The first kappa shape index (κ1) is 15.4. The van der Waals surface area contributed by atoms with Gasteiger partial charge in [-0.3, -0.25) is 0 Å². The van der Waals surface area contributed by atoms with E-state index in [9.17, 15) is 0 Å². The van der Waals surface area contributed by atoms with Gasteiger partial charge in [0.05, 0.1) is 6.61 Å². The summed E-state index contributed by atoms with van der Waals surface area (Å²) < 4.78 is 5.81. The second kappa shape index (κ2) is 6.62. The van der Waals surface area contributed by atoms with Crippen molar-refractivity contribution < 1.29 is 4.74 Å². The molecule has 1 saturated carbocycles. The average molecular weight is 275 g/mol. The smallest absolute Gasteiger partial charge is 0.124 e. The van der Waals surface area contributed by atoms with Gasteiger partial charge in [0.1, 0.15) is 5.75 Å². The number of benzene rings is 1. The van der Waals surface area contributed by atoms with Gasteiger partial charge in [0.2, 0.25) is 0 Å². The Bertz CT molecular complexity index is 417. The molecule has 20 heavy (non-hydrogen) atoms. The molecule has 1 fully saturated rings. The summed E-state index contributed by atoms with van der Waals surface area (Å²) in [4.78, 5) is 0.